The van der Waals surface area contributed by atoms with E-state index < -0.39 is 5.97 Å². The Morgan fingerprint density at radius 3 is 2.71 bits per heavy atom. The molecule has 1 aromatic rings. The van der Waals surface area contributed by atoms with Crippen LogP contribution in [0.3, 0.4) is 0 Å². The Hall–Kier alpha value is -1.36. The predicted molar refractivity (Wildman–Crippen MR) is 68.1 cm³/mol. The summed E-state index contributed by atoms with van der Waals surface area (Å²) in [5.41, 5.74) is 1.63. The number of nitrogens with one attached hydrogen (secondary N) is 1. The third-order valence-electron chi connectivity index (χ3n) is 2.29. The highest BCUT2D eigenvalue weighted by molar-refractivity contribution is 9.10. The number of hydrogen-bond acceptors (Lipinski definition) is 2. The predicted octanol–water partition coefficient (Wildman–Crippen LogP) is 2.35. The smallest absolute Gasteiger partial charge is 0.303 e. The molecule has 0 fully saturated rings. The van der Waals surface area contributed by atoms with Crippen LogP contribution in [0.1, 0.15) is 28.8 Å². The first-order valence-corrected chi connectivity index (χ1v) is 6.06. The molecule has 0 aliphatic carbocycles. The van der Waals surface area contributed by atoms with Gasteiger partial charge in [-0.2, -0.15) is 0 Å². The zero-order valence-electron chi connectivity index (χ0n) is 9.50. The van der Waals surface area contributed by atoms with Gasteiger partial charge in [0.05, 0.1) is 0 Å². The number of aryl methyl sites for hydroxylation is 1. The van der Waals surface area contributed by atoms with Crippen LogP contribution in [0.5, 0.6) is 0 Å². The molecule has 4 nitrogen and oxygen atoms in total. The number of amides is 1. The molecule has 0 aliphatic heterocycles. The number of carboxylic acid groups (broad SMARTS) is 1. The Kier molecular flexibility index (Phi) is 5.15. The number of carboxylic acids is 1. The second kappa shape index (κ2) is 6.39. The lowest BCUT2D eigenvalue weighted by Gasteiger charge is -2.05. The number of hydrogen-bond donors (Lipinski definition) is 2. The molecule has 0 spiro atoms. The fraction of sp³-hybridized carbons (Fsp3) is 0.333. The molecule has 0 aliphatic rings. The highest BCUT2D eigenvalue weighted by Gasteiger charge is 2.06. The quantitative estimate of drug-likeness (QED) is 0.820. The van der Waals surface area contributed by atoms with E-state index in [0.29, 0.717) is 18.5 Å². The van der Waals surface area contributed by atoms with Crippen molar-refractivity contribution in [2.45, 2.75) is 19.8 Å². The minimum absolute atomic E-state index is 0.0673. The van der Waals surface area contributed by atoms with E-state index >= 15 is 0 Å². The van der Waals surface area contributed by atoms with Gasteiger partial charge in [-0.1, -0.05) is 22.0 Å². The normalized spacial score (nSPS) is 10.0. The molecule has 0 atom stereocenters. The summed E-state index contributed by atoms with van der Waals surface area (Å²) in [4.78, 5) is 22.0. The molecule has 1 rings (SSSR count). The topological polar surface area (TPSA) is 66.4 Å². The van der Waals surface area contributed by atoms with Crippen LogP contribution >= 0.6 is 15.9 Å². The second-order valence-corrected chi connectivity index (χ2v) is 4.57. The van der Waals surface area contributed by atoms with Gasteiger partial charge in [0.25, 0.3) is 5.91 Å². The second-order valence-electron chi connectivity index (χ2n) is 3.72. The summed E-state index contributed by atoms with van der Waals surface area (Å²) in [7, 11) is 0. The molecular weight excluding hydrogens is 286 g/mol. The third kappa shape index (κ3) is 4.56. The van der Waals surface area contributed by atoms with Crippen molar-refractivity contribution in [3.05, 3.63) is 33.8 Å². The lowest BCUT2D eigenvalue weighted by Crippen LogP contribution is -2.24. The van der Waals surface area contributed by atoms with E-state index in [9.17, 15) is 9.59 Å². The van der Waals surface area contributed by atoms with Crippen LogP contribution in [0.2, 0.25) is 0 Å². The molecule has 0 unspecified atom stereocenters. The van der Waals surface area contributed by atoms with E-state index in [2.05, 4.69) is 21.2 Å². The number of carbonyl (C=O) groups excluding carboxylic acids is 1. The molecule has 0 saturated carbocycles. The van der Waals surface area contributed by atoms with Gasteiger partial charge in [0, 0.05) is 23.0 Å². The first-order valence-electron chi connectivity index (χ1n) is 5.27. The van der Waals surface area contributed by atoms with Crippen LogP contribution in [-0.4, -0.2) is 23.5 Å². The highest BCUT2D eigenvalue weighted by Crippen LogP contribution is 2.17. The molecule has 5 heteroatoms. The monoisotopic (exact) mass is 299 g/mol. The summed E-state index contributed by atoms with van der Waals surface area (Å²) in [6.07, 6.45) is 0.506. The molecule has 17 heavy (non-hydrogen) atoms. The lowest BCUT2D eigenvalue weighted by molar-refractivity contribution is -0.137. The maximum absolute atomic E-state index is 11.7. The number of benzene rings is 1. The Balaban J connectivity index is 2.47. The number of carbonyl (C=O) groups is 2. The Bertz CT molecular complexity index is 432. The van der Waals surface area contributed by atoms with Gasteiger partial charge in [-0.15, -0.1) is 0 Å². The zero-order chi connectivity index (χ0) is 12.8. The number of halogens is 1. The van der Waals surface area contributed by atoms with Crippen molar-refractivity contribution in [2.24, 2.45) is 0 Å². The van der Waals surface area contributed by atoms with Crippen LogP contribution in [0.25, 0.3) is 0 Å². The van der Waals surface area contributed by atoms with Gasteiger partial charge in [-0.05, 0) is 31.0 Å². The average Bonchev–Trinajstić information content (AvgIpc) is 2.27. The summed E-state index contributed by atoms with van der Waals surface area (Å²) in [6.45, 7) is 2.31. The van der Waals surface area contributed by atoms with Crippen molar-refractivity contribution in [1.82, 2.24) is 5.32 Å². The van der Waals surface area contributed by atoms with Crippen molar-refractivity contribution in [1.29, 1.82) is 0 Å². The van der Waals surface area contributed by atoms with Gasteiger partial charge in [-0.25, -0.2) is 0 Å². The Morgan fingerprint density at radius 2 is 2.12 bits per heavy atom. The van der Waals surface area contributed by atoms with Crippen molar-refractivity contribution in [3.63, 3.8) is 0 Å². The van der Waals surface area contributed by atoms with Gasteiger partial charge < -0.3 is 10.4 Å². The molecule has 0 radical (unpaired) electrons. The van der Waals surface area contributed by atoms with E-state index in [0.717, 1.165) is 10.0 Å². The van der Waals surface area contributed by atoms with E-state index in [4.69, 9.17) is 5.11 Å². The molecule has 0 aromatic heterocycles. The molecule has 2 N–H and O–H groups in total. The summed E-state index contributed by atoms with van der Waals surface area (Å²) in [5, 5.41) is 11.1. The van der Waals surface area contributed by atoms with Crippen LogP contribution in [-0.2, 0) is 4.79 Å². The molecule has 0 saturated heterocycles. The SMILES string of the molecule is Cc1ccc(C(=O)NCCCC(=O)O)cc1Br. The van der Waals surface area contributed by atoms with Crippen molar-refractivity contribution in [2.75, 3.05) is 6.54 Å². The molecule has 1 aromatic carbocycles. The van der Waals surface area contributed by atoms with E-state index in [1.807, 2.05) is 13.0 Å². The van der Waals surface area contributed by atoms with Gasteiger partial charge in [0.15, 0.2) is 0 Å². The fourth-order valence-corrected chi connectivity index (χ4v) is 1.66. The van der Waals surface area contributed by atoms with Crippen LogP contribution in [0.4, 0.5) is 0 Å². The molecule has 92 valence electrons. The molecule has 0 heterocycles. The summed E-state index contributed by atoms with van der Waals surface area (Å²) in [6, 6.07) is 5.35. The first-order chi connectivity index (χ1) is 8.00. The van der Waals surface area contributed by atoms with Gasteiger partial charge in [0.2, 0.25) is 0 Å². The zero-order valence-corrected chi connectivity index (χ0v) is 11.1. The van der Waals surface area contributed by atoms with E-state index in [1.165, 1.54) is 0 Å². The average molecular weight is 300 g/mol. The van der Waals surface area contributed by atoms with Gasteiger partial charge in [0.1, 0.15) is 0 Å². The standard InChI is InChI=1S/C12H14BrNO3/c1-8-4-5-9(7-10(8)13)12(17)14-6-2-3-11(15)16/h4-5,7H,2-3,6H2,1H3,(H,14,17)(H,15,16). The maximum Gasteiger partial charge on any atom is 0.303 e. The molecule has 0 bridgehead atoms. The van der Waals surface area contributed by atoms with Gasteiger partial charge >= 0.3 is 5.97 Å². The first kappa shape index (κ1) is 13.7. The minimum Gasteiger partial charge on any atom is -0.481 e. The summed E-state index contributed by atoms with van der Waals surface area (Å²) >= 11 is 3.36. The van der Waals surface area contributed by atoms with Crippen LogP contribution in [0, 0.1) is 6.92 Å². The number of aliphatic carboxylic acids is 1. The lowest BCUT2D eigenvalue weighted by atomic mass is 10.1. The summed E-state index contributed by atoms with van der Waals surface area (Å²) in [5.74, 6) is -1.03. The fourth-order valence-electron chi connectivity index (χ4n) is 1.28. The maximum atomic E-state index is 11.7. The number of rotatable bonds is 5. The highest BCUT2D eigenvalue weighted by atomic mass is 79.9. The summed E-state index contributed by atoms with van der Waals surface area (Å²) < 4.78 is 0.885. The third-order valence-corrected chi connectivity index (χ3v) is 3.14. The van der Waals surface area contributed by atoms with Crippen molar-refractivity contribution < 1.29 is 14.7 Å². The Labute approximate surface area is 108 Å². The van der Waals surface area contributed by atoms with Crippen LogP contribution < -0.4 is 5.32 Å². The van der Waals surface area contributed by atoms with Gasteiger partial charge in [-0.3, -0.25) is 9.59 Å². The molecular formula is C12H14BrNO3. The van der Waals surface area contributed by atoms with E-state index in [1.54, 1.807) is 12.1 Å². The molecule has 1 amide bonds. The van der Waals surface area contributed by atoms with Crippen LogP contribution in [0.15, 0.2) is 22.7 Å². The largest absolute Gasteiger partial charge is 0.481 e. The van der Waals surface area contributed by atoms with E-state index in [-0.39, 0.29) is 12.3 Å². The van der Waals surface area contributed by atoms with Crippen molar-refractivity contribution in [3.8, 4) is 0 Å². The van der Waals surface area contributed by atoms with Crippen molar-refractivity contribution >= 4 is 27.8 Å². The minimum atomic E-state index is -0.850. The Morgan fingerprint density at radius 1 is 1.41 bits per heavy atom.